The van der Waals surface area contributed by atoms with Crippen LogP contribution in [0.1, 0.15) is 27.2 Å². The van der Waals surface area contributed by atoms with E-state index >= 15 is 0 Å². The normalized spacial score (nSPS) is 12.6. The lowest BCUT2D eigenvalue weighted by Gasteiger charge is -2.24. The van der Waals surface area contributed by atoms with Crippen LogP contribution in [-0.2, 0) is 16.6 Å². The van der Waals surface area contributed by atoms with E-state index in [9.17, 15) is 8.42 Å². The fourth-order valence-electron chi connectivity index (χ4n) is 1.65. The van der Waals surface area contributed by atoms with Gasteiger partial charge in [0, 0.05) is 31.9 Å². The number of nitrogens with zero attached hydrogens (tertiary/aromatic N) is 3. The molecule has 1 N–H and O–H groups in total. The van der Waals surface area contributed by atoms with Gasteiger partial charge in [-0.15, -0.1) is 0 Å². The van der Waals surface area contributed by atoms with Crippen LogP contribution in [0.5, 0.6) is 0 Å². The maximum absolute atomic E-state index is 12.4. The van der Waals surface area contributed by atoms with Crippen LogP contribution < -0.4 is 0 Å². The van der Waals surface area contributed by atoms with Crippen LogP contribution in [-0.4, -0.2) is 46.6 Å². The topological polar surface area (TPSA) is 75.4 Å². The van der Waals surface area contributed by atoms with Crippen LogP contribution in [0.4, 0.5) is 0 Å². The summed E-state index contributed by atoms with van der Waals surface area (Å²) in [5.74, 6) is 0. The van der Waals surface area contributed by atoms with E-state index in [2.05, 4.69) is 4.98 Å². The second-order valence-electron chi connectivity index (χ2n) is 4.33. The molecule has 0 bridgehead atoms. The average Bonchev–Trinajstić information content (AvgIpc) is 2.77. The number of aliphatic hydroxyl groups excluding tert-OH is 1. The van der Waals surface area contributed by atoms with Crippen LogP contribution in [0.15, 0.2) is 17.6 Å². The molecule has 0 unspecified atom stereocenters. The molecule has 1 heterocycles. The first kappa shape index (κ1) is 15.1. The third-order valence-corrected chi connectivity index (χ3v) is 4.62. The largest absolute Gasteiger partial charge is 0.396 e. The highest BCUT2D eigenvalue weighted by Crippen LogP contribution is 2.16. The molecule has 0 aliphatic heterocycles. The lowest BCUT2D eigenvalue weighted by Crippen LogP contribution is -2.38. The summed E-state index contributed by atoms with van der Waals surface area (Å²) in [6.45, 7) is 6.50. The van der Waals surface area contributed by atoms with Crippen molar-refractivity contribution in [1.82, 2.24) is 13.9 Å². The fourth-order valence-corrected chi connectivity index (χ4v) is 3.26. The molecule has 0 saturated heterocycles. The quantitative estimate of drug-likeness (QED) is 0.794. The van der Waals surface area contributed by atoms with Crippen molar-refractivity contribution in [2.75, 3.05) is 13.2 Å². The number of hydrogen-bond acceptors (Lipinski definition) is 4. The lowest BCUT2D eigenvalue weighted by atomic mass is 10.3. The van der Waals surface area contributed by atoms with E-state index in [1.54, 1.807) is 4.57 Å². The minimum Gasteiger partial charge on any atom is -0.396 e. The Labute approximate surface area is 108 Å². The molecule has 0 radical (unpaired) electrons. The van der Waals surface area contributed by atoms with Crippen LogP contribution in [0.2, 0.25) is 0 Å². The number of hydrogen-bond donors (Lipinski definition) is 1. The summed E-state index contributed by atoms with van der Waals surface area (Å²) in [7, 11) is -3.57. The molecule has 1 aromatic rings. The van der Waals surface area contributed by atoms with Crippen molar-refractivity contribution in [3.05, 3.63) is 12.5 Å². The van der Waals surface area contributed by atoms with Gasteiger partial charge in [-0.05, 0) is 27.2 Å². The number of aliphatic hydroxyl groups is 1. The molecule has 18 heavy (non-hydrogen) atoms. The third kappa shape index (κ3) is 3.30. The van der Waals surface area contributed by atoms with E-state index < -0.39 is 10.0 Å². The zero-order chi connectivity index (χ0) is 13.8. The summed E-state index contributed by atoms with van der Waals surface area (Å²) < 4.78 is 27.8. The monoisotopic (exact) mass is 275 g/mol. The van der Waals surface area contributed by atoms with Gasteiger partial charge in [-0.25, -0.2) is 13.4 Å². The minimum absolute atomic E-state index is 0.0257. The van der Waals surface area contributed by atoms with E-state index in [0.29, 0.717) is 19.5 Å². The summed E-state index contributed by atoms with van der Waals surface area (Å²) in [6, 6.07) is -0.159. The zero-order valence-electron chi connectivity index (χ0n) is 11.1. The zero-order valence-corrected chi connectivity index (χ0v) is 11.9. The Hall–Kier alpha value is -0.920. The van der Waals surface area contributed by atoms with E-state index in [-0.39, 0.29) is 17.7 Å². The lowest BCUT2D eigenvalue weighted by molar-refractivity contribution is 0.258. The highest BCUT2D eigenvalue weighted by atomic mass is 32.2. The maximum Gasteiger partial charge on any atom is 0.262 e. The van der Waals surface area contributed by atoms with E-state index in [1.165, 1.54) is 16.8 Å². The molecule has 7 heteroatoms. The number of rotatable bonds is 7. The predicted molar refractivity (Wildman–Crippen MR) is 68.6 cm³/mol. The van der Waals surface area contributed by atoms with Gasteiger partial charge in [-0.3, -0.25) is 0 Å². The third-order valence-electron chi connectivity index (χ3n) is 2.66. The van der Waals surface area contributed by atoms with Gasteiger partial charge in [0.25, 0.3) is 10.0 Å². The second-order valence-corrected chi connectivity index (χ2v) is 6.17. The number of imidazole rings is 1. The smallest absolute Gasteiger partial charge is 0.262 e. The van der Waals surface area contributed by atoms with Gasteiger partial charge in [0.2, 0.25) is 0 Å². The highest BCUT2D eigenvalue weighted by molar-refractivity contribution is 7.89. The van der Waals surface area contributed by atoms with Crippen molar-refractivity contribution < 1.29 is 13.5 Å². The molecule has 0 atom stereocenters. The van der Waals surface area contributed by atoms with Crippen LogP contribution in [0.25, 0.3) is 0 Å². The summed E-state index contributed by atoms with van der Waals surface area (Å²) in [5.41, 5.74) is 0. The summed E-state index contributed by atoms with van der Waals surface area (Å²) in [4.78, 5) is 3.94. The van der Waals surface area contributed by atoms with Gasteiger partial charge in [0.15, 0.2) is 5.03 Å². The Morgan fingerprint density at radius 1 is 1.50 bits per heavy atom. The van der Waals surface area contributed by atoms with Gasteiger partial charge in [-0.1, -0.05) is 0 Å². The van der Waals surface area contributed by atoms with Crippen molar-refractivity contribution in [1.29, 1.82) is 0 Å². The number of sulfonamides is 1. The Kier molecular flexibility index (Phi) is 5.30. The predicted octanol–water partition coefficient (Wildman–Crippen LogP) is 0.684. The molecule has 0 fully saturated rings. The maximum atomic E-state index is 12.4. The minimum atomic E-state index is -3.57. The SMILES string of the molecule is CCn1cnc(S(=O)(=O)N(CCCO)C(C)C)c1. The molecule has 0 amide bonds. The summed E-state index contributed by atoms with van der Waals surface area (Å²) in [5, 5.41) is 8.90. The number of aryl methyl sites for hydroxylation is 1. The molecular formula is C11H21N3O3S. The van der Waals surface area contributed by atoms with Crippen molar-refractivity contribution in [2.24, 2.45) is 0 Å². The van der Waals surface area contributed by atoms with Crippen molar-refractivity contribution >= 4 is 10.0 Å². The molecule has 0 aliphatic carbocycles. The first-order chi connectivity index (χ1) is 8.43. The number of aromatic nitrogens is 2. The van der Waals surface area contributed by atoms with Crippen LogP contribution >= 0.6 is 0 Å². The Morgan fingerprint density at radius 3 is 2.61 bits per heavy atom. The molecular weight excluding hydrogens is 254 g/mol. The van der Waals surface area contributed by atoms with Gasteiger partial charge < -0.3 is 9.67 Å². The van der Waals surface area contributed by atoms with E-state index in [0.717, 1.165) is 0 Å². The molecule has 0 saturated carbocycles. The summed E-state index contributed by atoms with van der Waals surface area (Å²) >= 11 is 0. The Bertz CT molecular complexity index is 468. The van der Waals surface area contributed by atoms with Crippen molar-refractivity contribution in [3.63, 3.8) is 0 Å². The fraction of sp³-hybridized carbons (Fsp3) is 0.727. The van der Waals surface area contributed by atoms with E-state index in [4.69, 9.17) is 5.11 Å². The standard InChI is InChI=1S/C11H21N3O3S/c1-4-13-8-11(12-9-13)18(16,17)14(10(2)3)6-5-7-15/h8-10,15H,4-7H2,1-3H3. The van der Waals surface area contributed by atoms with Crippen molar-refractivity contribution in [2.45, 2.75) is 44.8 Å². The van der Waals surface area contributed by atoms with Crippen LogP contribution in [0, 0.1) is 0 Å². The van der Waals surface area contributed by atoms with Crippen LogP contribution in [0.3, 0.4) is 0 Å². The van der Waals surface area contributed by atoms with E-state index in [1.807, 2.05) is 20.8 Å². The Morgan fingerprint density at radius 2 is 2.17 bits per heavy atom. The molecule has 0 aliphatic rings. The van der Waals surface area contributed by atoms with Gasteiger partial charge in [0.05, 0.1) is 6.33 Å². The molecule has 6 nitrogen and oxygen atoms in total. The second kappa shape index (κ2) is 6.31. The molecule has 1 rings (SSSR count). The first-order valence-corrected chi connectivity index (χ1v) is 7.52. The average molecular weight is 275 g/mol. The molecule has 104 valence electrons. The van der Waals surface area contributed by atoms with Gasteiger partial charge >= 0.3 is 0 Å². The van der Waals surface area contributed by atoms with Gasteiger partial charge in [-0.2, -0.15) is 4.31 Å². The highest BCUT2D eigenvalue weighted by Gasteiger charge is 2.28. The Balaban J connectivity index is 3.00. The molecule has 0 spiro atoms. The first-order valence-electron chi connectivity index (χ1n) is 6.08. The summed E-state index contributed by atoms with van der Waals surface area (Å²) in [6.07, 6.45) is 3.47. The molecule has 0 aromatic carbocycles. The van der Waals surface area contributed by atoms with Gasteiger partial charge in [0.1, 0.15) is 0 Å². The van der Waals surface area contributed by atoms with Crippen molar-refractivity contribution in [3.8, 4) is 0 Å². The molecule has 1 aromatic heterocycles.